The Balaban J connectivity index is 1.68. The number of nitrogens with zero attached hydrogens (tertiary/aromatic N) is 2. The number of aromatic nitrogens is 1. The van der Waals surface area contributed by atoms with Gasteiger partial charge in [-0.2, -0.15) is 0 Å². The van der Waals surface area contributed by atoms with E-state index in [-0.39, 0.29) is 0 Å². The summed E-state index contributed by atoms with van der Waals surface area (Å²) in [5, 5.41) is 6.36. The predicted octanol–water partition coefficient (Wildman–Crippen LogP) is 1.81. The molecule has 1 N–H and O–H groups in total. The number of nitrogens with one attached hydrogen (secondary N) is 1. The van der Waals surface area contributed by atoms with Crippen LogP contribution in [0.2, 0.25) is 0 Å². The maximum atomic E-state index is 5.34. The third-order valence-electron chi connectivity index (χ3n) is 3.08. The third-order valence-corrected chi connectivity index (χ3v) is 3.98. The van der Waals surface area contributed by atoms with E-state index < -0.39 is 0 Å². The Bertz CT molecular complexity index is 476. The summed E-state index contributed by atoms with van der Waals surface area (Å²) in [7, 11) is 2.15. The van der Waals surface area contributed by atoms with E-state index in [1.807, 2.05) is 12.1 Å². The molecule has 0 saturated carbocycles. The van der Waals surface area contributed by atoms with E-state index in [1.54, 1.807) is 17.6 Å². The molecule has 0 radical (unpaired) electrons. The first-order valence-corrected chi connectivity index (χ1v) is 6.60. The lowest BCUT2D eigenvalue weighted by Crippen LogP contribution is -2.55. The highest BCUT2D eigenvalue weighted by atomic mass is 32.1. The fraction of sp³-hybridized carbons (Fsp3) is 0.417. The lowest BCUT2D eigenvalue weighted by molar-refractivity contribution is 0.171. The second kappa shape index (κ2) is 4.60. The highest BCUT2D eigenvalue weighted by Crippen LogP contribution is 2.24. The van der Waals surface area contributed by atoms with Crippen molar-refractivity contribution in [3.63, 3.8) is 0 Å². The van der Waals surface area contributed by atoms with E-state index in [4.69, 9.17) is 4.42 Å². The SMILES string of the molecule is CN(Cc1csc(-c2ccco2)n1)C1CNC1. The Labute approximate surface area is 104 Å². The topological polar surface area (TPSA) is 41.3 Å². The third kappa shape index (κ3) is 2.26. The van der Waals surface area contributed by atoms with Crippen LogP contribution in [-0.4, -0.2) is 36.1 Å². The first kappa shape index (κ1) is 11.0. The molecule has 3 rings (SSSR count). The smallest absolute Gasteiger partial charge is 0.162 e. The summed E-state index contributed by atoms with van der Waals surface area (Å²) in [5.41, 5.74) is 1.12. The van der Waals surface area contributed by atoms with E-state index in [0.717, 1.165) is 36.1 Å². The van der Waals surface area contributed by atoms with Crippen molar-refractivity contribution in [1.29, 1.82) is 0 Å². The first-order valence-electron chi connectivity index (χ1n) is 5.72. The molecule has 5 heteroatoms. The fourth-order valence-electron chi connectivity index (χ4n) is 1.86. The van der Waals surface area contributed by atoms with Gasteiger partial charge in [-0.05, 0) is 19.2 Å². The second-order valence-corrected chi connectivity index (χ2v) is 5.21. The van der Waals surface area contributed by atoms with E-state index in [0.29, 0.717) is 6.04 Å². The molecule has 0 unspecified atom stereocenters. The summed E-state index contributed by atoms with van der Waals surface area (Å²) in [6.45, 7) is 3.08. The van der Waals surface area contributed by atoms with Gasteiger partial charge >= 0.3 is 0 Å². The van der Waals surface area contributed by atoms with Crippen LogP contribution in [0.3, 0.4) is 0 Å². The summed E-state index contributed by atoms with van der Waals surface area (Å²) < 4.78 is 5.34. The Kier molecular flexibility index (Phi) is 2.96. The molecule has 2 aromatic rings. The lowest BCUT2D eigenvalue weighted by Gasteiger charge is -2.35. The van der Waals surface area contributed by atoms with Gasteiger partial charge in [0.2, 0.25) is 0 Å². The maximum Gasteiger partial charge on any atom is 0.162 e. The molecule has 0 aliphatic carbocycles. The normalized spacial score (nSPS) is 16.4. The van der Waals surface area contributed by atoms with Crippen LogP contribution in [0.1, 0.15) is 5.69 Å². The minimum atomic E-state index is 0.656. The quantitative estimate of drug-likeness (QED) is 0.897. The van der Waals surface area contributed by atoms with E-state index in [2.05, 4.69) is 27.6 Å². The molecule has 0 bridgehead atoms. The summed E-state index contributed by atoms with van der Waals surface area (Å²) in [4.78, 5) is 6.94. The molecule has 17 heavy (non-hydrogen) atoms. The molecule has 0 amide bonds. The molecule has 1 aliphatic heterocycles. The molecule has 2 aromatic heterocycles. The van der Waals surface area contributed by atoms with Crippen molar-refractivity contribution in [3.8, 4) is 10.8 Å². The molecule has 3 heterocycles. The summed E-state index contributed by atoms with van der Waals surface area (Å²) in [6.07, 6.45) is 1.68. The Hall–Kier alpha value is -1.17. The van der Waals surface area contributed by atoms with Crippen LogP contribution in [0.25, 0.3) is 10.8 Å². The lowest BCUT2D eigenvalue weighted by atomic mass is 10.1. The molecule has 1 fully saturated rings. The molecular formula is C12H15N3OS. The van der Waals surface area contributed by atoms with Crippen LogP contribution in [0.15, 0.2) is 28.2 Å². The summed E-state index contributed by atoms with van der Waals surface area (Å²) in [5.74, 6) is 0.856. The zero-order chi connectivity index (χ0) is 11.7. The van der Waals surface area contributed by atoms with Crippen molar-refractivity contribution in [3.05, 3.63) is 29.5 Å². The summed E-state index contributed by atoms with van der Waals surface area (Å²) in [6, 6.07) is 4.49. The minimum absolute atomic E-state index is 0.656. The maximum absolute atomic E-state index is 5.34. The van der Waals surface area contributed by atoms with E-state index >= 15 is 0 Å². The average molecular weight is 249 g/mol. The number of rotatable bonds is 4. The van der Waals surface area contributed by atoms with Crippen molar-refractivity contribution < 1.29 is 4.42 Å². The second-order valence-electron chi connectivity index (χ2n) is 4.35. The molecular weight excluding hydrogens is 234 g/mol. The Morgan fingerprint density at radius 3 is 3.12 bits per heavy atom. The van der Waals surface area contributed by atoms with Crippen molar-refractivity contribution in [2.75, 3.05) is 20.1 Å². The average Bonchev–Trinajstić information content (AvgIpc) is 2.82. The summed E-state index contributed by atoms with van der Waals surface area (Å²) >= 11 is 1.64. The largest absolute Gasteiger partial charge is 0.462 e. The zero-order valence-electron chi connectivity index (χ0n) is 9.72. The zero-order valence-corrected chi connectivity index (χ0v) is 10.5. The van der Waals surface area contributed by atoms with Gasteiger partial charge in [0.05, 0.1) is 12.0 Å². The van der Waals surface area contributed by atoms with Crippen LogP contribution in [0.4, 0.5) is 0 Å². The van der Waals surface area contributed by atoms with E-state index in [1.165, 1.54) is 0 Å². The molecule has 90 valence electrons. The molecule has 0 spiro atoms. The van der Waals surface area contributed by atoms with Crippen LogP contribution in [0.5, 0.6) is 0 Å². The highest BCUT2D eigenvalue weighted by Gasteiger charge is 2.22. The monoisotopic (exact) mass is 249 g/mol. The highest BCUT2D eigenvalue weighted by molar-refractivity contribution is 7.13. The first-order chi connectivity index (χ1) is 8.33. The molecule has 1 saturated heterocycles. The van der Waals surface area contributed by atoms with Crippen molar-refractivity contribution in [2.45, 2.75) is 12.6 Å². The molecule has 1 aliphatic rings. The number of furan rings is 1. The number of hydrogen-bond donors (Lipinski definition) is 1. The van der Waals surface area contributed by atoms with Crippen LogP contribution in [-0.2, 0) is 6.54 Å². The number of thiazole rings is 1. The van der Waals surface area contributed by atoms with Gasteiger partial charge in [-0.15, -0.1) is 11.3 Å². The fourth-order valence-corrected chi connectivity index (χ4v) is 2.64. The van der Waals surface area contributed by atoms with Gasteiger partial charge in [-0.1, -0.05) is 0 Å². The molecule has 4 nitrogen and oxygen atoms in total. The van der Waals surface area contributed by atoms with Crippen LogP contribution in [0, 0.1) is 0 Å². The van der Waals surface area contributed by atoms with Gasteiger partial charge in [0.25, 0.3) is 0 Å². The van der Waals surface area contributed by atoms with E-state index in [9.17, 15) is 0 Å². The molecule has 0 atom stereocenters. The standard InChI is InChI=1S/C12H15N3OS/c1-15(10-5-13-6-10)7-9-8-17-12(14-9)11-3-2-4-16-11/h2-4,8,10,13H,5-7H2,1H3. The van der Waals surface area contributed by atoms with Crippen molar-refractivity contribution >= 4 is 11.3 Å². The van der Waals surface area contributed by atoms with Crippen LogP contribution < -0.4 is 5.32 Å². The Morgan fingerprint density at radius 1 is 1.59 bits per heavy atom. The van der Waals surface area contributed by atoms with Gasteiger partial charge in [0.1, 0.15) is 0 Å². The van der Waals surface area contributed by atoms with Gasteiger partial charge in [0.15, 0.2) is 10.8 Å². The van der Waals surface area contributed by atoms with Crippen molar-refractivity contribution in [1.82, 2.24) is 15.2 Å². The number of hydrogen-bond acceptors (Lipinski definition) is 5. The van der Waals surface area contributed by atoms with Gasteiger partial charge in [-0.3, -0.25) is 4.90 Å². The van der Waals surface area contributed by atoms with Gasteiger partial charge in [0, 0.05) is 31.1 Å². The number of likely N-dealkylation sites (N-methyl/N-ethyl adjacent to an activating group) is 1. The van der Waals surface area contributed by atoms with Gasteiger partial charge in [-0.25, -0.2) is 4.98 Å². The van der Waals surface area contributed by atoms with Crippen molar-refractivity contribution in [2.24, 2.45) is 0 Å². The predicted molar refractivity (Wildman–Crippen MR) is 67.9 cm³/mol. The Morgan fingerprint density at radius 2 is 2.47 bits per heavy atom. The minimum Gasteiger partial charge on any atom is -0.462 e. The molecule has 0 aromatic carbocycles. The van der Waals surface area contributed by atoms with Gasteiger partial charge < -0.3 is 9.73 Å². The van der Waals surface area contributed by atoms with Crippen LogP contribution >= 0.6 is 11.3 Å².